The van der Waals surface area contributed by atoms with Crippen molar-refractivity contribution < 1.29 is 4.79 Å². The van der Waals surface area contributed by atoms with Crippen LogP contribution in [0.5, 0.6) is 0 Å². The van der Waals surface area contributed by atoms with E-state index in [1.165, 1.54) is 0 Å². The number of benzene rings is 2. The number of aromatic nitrogens is 1. The van der Waals surface area contributed by atoms with Crippen molar-refractivity contribution in [3.63, 3.8) is 0 Å². The van der Waals surface area contributed by atoms with Crippen molar-refractivity contribution in [2.45, 2.75) is 12.5 Å². The van der Waals surface area contributed by atoms with Crippen LogP contribution >= 0.6 is 11.6 Å². The van der Waals surface area contributed by atoms with E-state index in [-0.39, 0.29) is 11.9 Å². The van der Waals surface area contributed by atoms with Crippen LogP contribution in [-0.2, 0) is 0 Å². The number of alkyl halides is 1. The van der Waals surface area contributed by atoms with Crippen LogP contribution in [0.4, 0.5) is 0 Å². The van der Waals surface area contributed by atoms with E-state index in [1.54, 1.807) is 0 Å². The maximum atomic E-state index is 12.8. The molecule has 0 fully saturated rings. The fraction of sp³-hybridized carbons (Fsp3) is 0.211. The van der Waals surface area contributed by atoms with Gasteiger partial charge in [0, 0.05) is 40.7 Å². The van der Waals surface area contributed by atoms with Crippen molar-refractivity contribution in [2.75, 3.05) is 12.4 Å². The van der Waals surface area contributed by atoms with Gasteiger partial charge in [0.25, 0.3) is 5.91 Å². The monoisotopic (exact) mass is 324 g/mol. The number of amides is 1. The maximum Gasteiger partial charge on any atom is 0.255 e. The Morgan fingerprint density at radius 3 is 2.70 bits per heavy atom. The quantitative estimate of drug-likeness (QED) is 0.712. The van der Waals surface area contributed by atoms with Crippen LogP contribution in [0.3, 0.4) is 0 Å². The Kier molecular flexibility index (Phi) is 3.58. The lowest BCUT2D eigenvalue weighted by molar-refractivity contribution is 0.0751. The van der Waals surface area contributed by atoms with Crippen molar-refractivity contribution in [1.82, 2.24) is 9.88 Å². The maximum absolute atomic E-state index is 12.8. The Balaban J connectivity index is 1.87. The number of H-pyrrole nitrogens is 1. The number of aromatic amines is 1. The van der Waals surface area contributed by atoms with E-state index in [0.717, 1.165) is 34.0 Å². The number of para-hydroxylation sites is 1. The van der Waals surface area contributed by atoms with E-state index in [2.05, 4.69) is 23.2 Å². The van der Waals surface area contributed by atoms with Crippen molar-refractivity contribution in [1.29, 1.82) is 0 Å². The molecule has 0 aliphatic carbocycles. The van der Waals surface area contributed by atoms with Gasteiger partial charge in [0.1, 0.15) is 0 Å². The summed E-state index contributed by atoms with van der Waals surface area (Å²) in [5.41, 5.74) is 4.12. The first-order valence-electron chi connectivity index (χ1n) is 7.83. The van der Waals surface area contributed by atoms with Crippen LogP contribution in [0.2, 0.25) is 0 Å². The lowest BCUT2D eigenvalue weighted by atomic mass is 9.97. The number of hydrogen-bond donors (Lipinski definition) is 1. The molecule has 1 atom stereocenters. The molecule has 3 aromatic rings. The average Bonchev–Trinajstić information content (AvgIpc) is 3.13. The van der Waals surface area contributed by atoms with Gasteiger partial charge in [-0.05, 0) is 24.1 Å². The molecule has 0 bridgehead atoms. The first-order chi connectivity index (χ1) is 11.3. The van der Waals surface area contributed by atoms with Gasteiger partial charge in [-0.3, -0.25) is 4.79 Å². The van der Waals surface area contributed by atoms with Crippen LogP contribution in [-0.4, -0.2) is 28.2 Å². The molecular formula is C19H17ClN2O. The van der Waals surface area contributed by atoms with Crippen LogP contribution in [0, 0.1) is 0 Å². The Hall–Kier alpha value is -2.26. The number of halogens is 1. The van der Waals surface area contributed by atoms with Crippen LogP contribution in [0.25, 0.3) is 10.9 Å². The molecule has 1 aromatic heterocycles. The molecule has 0 saturated carbocycles. The smallest absolute Gasteiger partial charge is 0.255 e. The Morgan fingerprint density at radius 2 is 1.83 bits per heavy atom. The van der Waals surface area contributed by atoms with Crippen molar-refractivity contribution in [2.24, 2.45) is 0 Å². The van der Waals surface area contributed by atoms with Gasteiger partial charge in [-0.15, -0.1) is 11.6 Å². The predicted molar refractivity (Wildman–Crippen MR) is 93.0 cm³/mol. The summed E-state index contributed by atoms with van der Waals surface area (Å²) >= 11 is 5.86. The fourth-order valence-electron chi connectivity index (χ4n) is 3.49. The van der Waals surface area contributed by atoms with E-state index in [0.29, 0.717) is 12.4 Å². The molecule has 0 spiro atoms. The molecule has 116 valence electrons. The molecule has 0 unspecified atom stereocenters. The summed E-state index contributed by atoms with van der Waals surface area (Å²) in [5, 5.41) is 1.16. The van der Waals surface area contributed by atoms with Gasteiger partial charge in [-0.1, -0.05) is 36.4 Å². The minimum atomic E-state index is -0.0435. The first kappa shape index (κ1) is 14.3. The number of rotatable bonds is 4. The van der Waals surface area contributed by atoms with Crippen LogP contribution in [0.1, 0.15) is 33.9 Å². The van der Waals surface area contributed by atoms with Gasteiger partial charge in [-0.25, -0.2) is 0 Å². The molecule has 0 saturated heterocycles. The molecule has 4 heteroatoms. The van der Waals surface area contributed by atoms with Crippen LogP contribution in [0.15, 0.2) is 54.7 Å². The highest BCUT2D eigenvalue weighted by molar-refractivity contribution is 6.17. The molecule has 1 amide bonds. The van der Waals surface area contributed by atoms with Crippen LogP contribution < -0.4 is 0 Å². The zero-order chi connectivity index (χ0) is 15.8. The highest BCUT2D eigenvalue weighted by Crippen LogP contribution is 2.40. The molecule has 2 heterocycles. The molecule has 4 rings (SSSR count). The Morgan fingerprint density at radius 1 is 1.04 bits per heavy atom. The van der Waals surface area contributed by atoms with Gasteiger partial charge in [-0.2, -0.15) is 0 Å². The van der Waals surface area contributed by atoms with Crippen molar-refractivity contribution in [3.8, 4) is 0 Å². The van der Waals surface area contributed by atoms with Gasteiger partial charge in [0.05, 0.1) is 6.04 Å². The fourth-order valence-corrected chi connectivity index (χ4v) is 3.61. The van der Waals surface area contributed by atoms with Crippen molar-refractivity contribution in [3.05, 3.63) is 71.4 Å². The molecule has 1 aliphatic heterocycles. The first-order valence-corrected chi connectivity index (χ1v) is 8.36. The molecule has 23 heavy (non-hydrogen) atoms. The van der Waals surface area contributed by atoms with Gasteiger partial charge < -0.3 is 9.88 Å². The second kappa shape index (κ2) is 5.74. The van der Waals surface area contributed by atoms with Gasteiger partial charge >= 0.3 is 0 Å². The van der Waals surface area contributed by atoms with E-state index >= 15 is 0 Å². The van der Waals surface area contributed by atoms with E-state index < -0.39 is 0 Å². The standard InChI is InChI=1S/C19H17ClN2O/c20-10-5-11-22-18(14-7-1-2-8-15(14)19(22)23)16-12-21-17-9-4-3-6-13(16)17/h1-4,6-9,12,18,21H,5,10-11H2/t18-/m0/s1. The third-order valence-electron chi connectivity index (χ3n) is 4.51. The van der Waals surface area contributed by atoms with E-state index in [9.17, 15) is 4.79 Å². The summed E-state index contributed by atoms with van der Waals surface area (Å²) in [6.07, 6.45) is 2.82. The lowest BCUT2D eigenvalue weighted by Gasteiger charge is -2.25. The zero-order valence-corrected chi connectivity index (χ0v) is 13.4. The minimum absolute atomic E-state index is 0.0435. The summed E-state index contributed by atoms with van der Waals surface area (Å²) in [6.45, 7) is 0.668. The highest BCUT2D eigenvalue weighted by Gasteiger charge is 2.37. The molecule has 3 nitrogen and oxygen atoms in total. The average molecular weight is 325 g/mol. The largest absolute Gasteiger partial charge is 0.361 e. The molecule has 1 N–H and O–H groups in total. The number of nitrogens with one attached hydrogen (secondary N) is 1. The second-order valence-electron chi connectivity index (χ2n) is 5.82. The summed E-state index contributed by atoms with van der Waals surface area (Å²) in [7, 11) is 0. The van der Waals surface area contributed by atoms with Gasteiger partial charge in [0.15, 0.2) is 0 Å². The molecular weight excluding hydrogens is 308 g/mol. The SMILES string of the molecule is O=C1c2ccccc2[C@@H](c2c[nH]c3ccccc23)N1CCCCl. The Bertz CT molecular complexity index is 870. The predicted octanol–water partition coefficient (Wildman–Crippen LogP) is 4.34. The normalized spacial score (nSPS) is 17.0. The molecule has 1 aliphatic rings. The third kappa shape index (κ3) is 2.23. The number of nitrogens with zero attached hydrogens (tertiary/aromatic N) is 1. The zero-order valence-electron chi connectivity index (χ0n) is 12.6. The summed E-state index contributed by atoms with van der Waals surface area (Å²) < 4.78 is 0. The second-order valence-corrected chi connectivity index (χ2v) is 6.20. The molecule has 0 radical (unpaired) electrons. The van der Waals surface area contributed by atoms with Crippen molar-refractivity contribution >= 4 is 28.4 Å². The summed E-state index contributed by atoms with van der Waals surface area (Å²) in [5.74, 6) is 0.654. The topological polar surface area (TPSA) is 36.1 Å². The summed E-state index contributed by atoms with van der Waals surface area (Å²) in [4.78, 5) is 18.1. The number of hydrogen-bond acceptors (Lipinski definition) is 1. The van der Waals surface area contributed by atoms with E-state index in [1.807, 2.05) is 41.4 Å². The highest BCUT2D eigenvalue weighted by atomic mass is 35.5. The van der Waals surface area contributed by atoms with E-state index in [4.69, 9.17) is 11.6 Å². The Labute approximate surface area is 139 Å². The number of fused-ring (bicyclic) bond motifs is 2. The molecule has 2 aromatic carbocycles. The number of carbonyl (C=O) groups excluding carboxylic acids is 1. The minimum Gasteiger partial charge on any atom is -0.361 e. The van der Waals surface area contributed by atoms with Gasteiger partial charge in [0.2, 0.25) is 0 Å². The number of carbonyl (C=O) groups is 1. The third-order valence-corrected chi connectivity index (χ3v) is 4.77. The lowest BCUT2D eigenvalue weighted by Crippen LogP contribution is -2.30. The summed E-state index contributed by atoms with van der Waals surface area (Å²) in [6, 6.07) is 16.1.